The zero-order valence-corrected chi connectivity index (χ0v) is 16.0. The Kier molecular flexibility index (Phi) is 5.72. The van der Waals surface area contributed by atoms with Gasteiger partial charge in [0.15, 0.2) is 0 Å². The van der Waals surface area contributed by atoms with Crippen molar-refractivity contribution in [2.45, 2.75) is 20.4 Å². The highest BCUT2D eigenvalue weighted by Gasteiger charge is 2.18. The first-order valence-electron chi connectivity index (χ1n) is 9.07. The van der Waals surface area contributed by atoms with Crippen molar-refractivity contribution in [2.75, 3.05) is 13.6 Å². The Morgan fingerprint density at radius 1 is 1.15 bits per heavy atom. The molecular weight excluding hydrogens is 338 g/mol. The Morgan fingerprint density at radius 3 is 2.48 bits per heavy atom. The first kappa shape index (κ1) is 18.9. The van der Waals surface area contributed by atoms with Crippen LogP contribution in [0.15, 0.2) is 60.8 Å². The lowest BCUT2D eigenvalue weighted by Gasteiger charge is -2.19. The Bertz CT molecular complexity index is 918. The van der Waals surface area contributed by atoms with Crippen molar-refractivity contribution in [1.29, 1.82) is 0 Å². The number of aromatic nitrogens is 2. The van der Waals surface area contributed by atoms with Crippen LogP contribution >= 0.6 is 0 Å². The normalized spacial score (nSPS) is 12.3. The van der Waals surface area contributed by atoms with Gasteiger partial charge in [-0.1, -0.05) is 49.4 Å². The Balaban J connectivity index is 1.97. The monoisotopic (exact) mass is 363 g/mol. The first-order chi connectivity index (χ1) is 13.0. The molecule has 140 valence electrons. The molecule has 0 radical (unpaired) electrons. The van der Waals surface area contributed by atoms with Crippen molar-refractivity contribution in [3.63, 3.8) is 0 Å². The number of hydrogen-bond donors (Lipinski definition) is 1. The molecule has 0 aliphatic heterocycles. The highest BCUT2D eigenvalue weighted by Crippen LogP contribution is 2.27. The maximum atomic E-state index is 11.2. The molecule has 5 heteroatoms. The van der Waals surface area contributed by atoms with E-state index in [2.05, 4.69) is 19.1 Å². The quantitative estimate of drug-likeness (QED) is 0.689. The molecule has 1 N–H and O–H groups in total. The zero-order chi connectivity index (χ0) is 19.4. The topological polar surface area (TPSA) is 58.4 Å². The lowest BCUT2D eigenvalue weighted by atomic mass is 10.0. The molecule has 0 saturated carbocycles. The Hall–Kier alpha value is -2.92. The number of aryl methyl sites for hydroxylation is 1. The van der Waals surface area contributed by atoms with E-state index in [0.717, 1.165) is 22.5 Å². The Morgan fingerprint density at radius 2 is 1.81 bits per heavy atom. The summed E-state index contributed by atoms with van der Waals surface area (Å²) in [4.78, 5) is 13.2. The van der Waals surface area contributed by atoms with Crippen LogP contribution in [0, 0.1) is 12.8 Å². The summed E-state index contributed by atoms with van der Waals surface area (Å²) in [6.07, 6.45) is 2.04. The van der Waals surface area contributed by atoms with E-state index in [9.17, 15) is 9.90 Å². The van der Waals surface area contributed by atoms with Crippen LogP contribution < -0.4 is 0 Å². The fraction of sp³-hybridized carbons (Fsp3) is 0.273. The van der Waals surface area contributed by atoms with Gasteiger partial charge in [0, 0.05) is 30.4 Å². The second-order valence-electron chi connectivity index (χ2n) is 7.03. The molecule has 0 spiro atoms. The van der Waals surface area contributed by atoms with Crippen LogP contribution in [0.2, 0.25) is 0 Å². The van der Waals surface area contributed by atoms with Crippen LogP contribution in [-0.2, 0) is 11.3 Å². The number of para-hydroxylation sites is 1. The largest absolute Gasteiger partial charge is 0.481 e. The number of carboxylic acids is 1. The summed E-state index contributed by atoms with van der Waals surface area (Å²) in [6.45, 7) is 4.93. The maximum absolute atomic E-state index is 11.2. The molecule has 27 heavy (non-hydrogen) atoms. The van der Waals surface area contributed by atoms with E-state index in [1.807, 2.05) is 65.3 Å². The SMILES string of the molecule is Cc1ccccc1-c1nn(-c2ccccc2)cc1CN(C)CC(C)C(=O)O. The minimum absolute atomic E-state index is 0.416. The molecule has 1 unspecified atom stereocenters. The van der Waals surface area contributed by atoms with Crippen molar-refractivity contribution in [3.05, 3.63) is 71.9 Å². The average Bonchev–Trinajstić information content (AvgIpc) is 3.06. The molecule has 0 amide bonds. The van der Waals surface area contributed by atoms with E-state index in [1.165, 1.54) is 5.56 Å². The second kappa shape index (κ2) is 8.18. The number of aliphatic carboxylic acids is 1. The summed E-state index contributed by atoms with van der Waals surface area (Å²) in [7, 11) is 1.95. The van der Waals surface area contributed by atoms with Gasteiger partial charge in [-0.05, 0) is 31.7 Å². The minimum Gasteiger partial charge on any atom is -0.481 e. The molecule has 1 aromatic heterocycles. The Labute approximate surface area is 159 Å². The summed E-state index contributed by atoms with van der Waals surface area (Å²) in [5.41, 5.74) is 5.28. The third-order valence-electron chi connectivity index (χ3n) is 4.66. The van der Waals surface area contributed by atoms with Gasteiger partial charge in [-0.2, -0.15) is 5.10 Å². The third-order valence-corrected chi connectivity index (χ3v) is 4.66. The van der Waals surface area contributed by atoms with Gasteiger partial charge < -0.3 is 10.0 Å². The number of carboxylic acid groups (broad SMARTS) is 1. The second-order valence-corrected chi connectivity index (χ2v) is 7.03. The molecule has 0 bridgehead atoms. The number of benzene rings is 2. The molecule has 2 aromatic carbocycles. The van der Waals surface area contributed by atoms with Crippen LogP contribution in [0.1, 0.15) is 18.1 Å². The predicted octanol–water partition coefficient (Wildman–Crippen LogP) is 4.00. The fourth-order valence-corrected chi connectivity index (χ4v) is 3.20. The molecule has 3 rings (SSSR count). The van der Waals surface area contributed by atoms with Crippen LogP contribution in [-0.4, -0.2) is 39.3 Å². The molecule has 0 aliphatic rings. The summed E-state index contributed by atoms with van der Waals surface area (Å²) < 4.78 is 1.89. The van der Waals surface area contributed by atoms with Crippen LogP contribution in [0.5, 0.6) is 0 Å². The van der Waals surface area contributed by atoms with Crippen molar-refractivity contribution in [3.8, 4) is 16.9 Å². The number of hydrogen-bond acceptors (Lipinski definition) is 3. The molecule has 0 saturated heterocycles. The molecule has 1 atom stereocenters. The summed E-state index contributed by atoms with van der Waals surface area (Å²) in [5.74, 6) is -1.19. The van der Waals surface area contributed by atoms with Crippen LogP contribution in [0.25, 0.3) is 16.9 Å². The summed E-state index contributed by atoms with van der Waals surface area (Å²) in [5, 5.41) is 14.0. The lowest BCUT2D eigenvalue weighted by molar-refractivity contribution is -0.141. The van der Waals surface area contributed by atoms with Gasteiger partial charge in [-0.15, -0.1) is 0 Å². The molecular formula is C22H25N3O2. The molecule has 0 aliphatic carbocycles. The fourth-order valence-electron chi connectivity index (χ4n) is 3.20. The standard InChI is InChI=1S/C22H25N3O2/c1-16-9-7-8-12-20(16)21-18(14-24(3)13-17(2)22(26)27)15-25(23-21)19-10-5-4-6-11-19/h4-12,15,17H,13-14H2,1-3H3,(H,26,27). The highest BCUT2D eigenvalue weighted by atomic mass is 16.4. The molecule has 0 fully saturated rings. The van der Waals surface area contributed by atoms with E-state index in [4.69, 9.17) is 5.10 Å². The van der Waals surface area contributed by atoms with E-state index < -0.39 is 11.9 Å². The van der Waals surface area contributed by atoms with E-state index in [-0.39, 0.29) is 0 Å². The minimum atomic E-state index is -0.777. The maximum Gasteiger partial charge on any atom is 0.307 e. The zero-order valence-electron chi connectivity index (χ0n) is 16.0. The number of nitrogens with zero attached hydrogens (tertiary/aromatic N) is 3. The number of carbonyl (C=O) groups is 1. The molecule has 5 nitrogen and oxygen atoms in total. The van der Waals surface area contributed by atoms with Gasteiger partial charge in [-0.3, -0.25) is 4.79 Å². The predicted molar refractivity (Wildman–Crippen MR) is 107 cm³/mol. The number of rotatable bonds is 7. The van der Waals surface area contributed by atoms with Gasteiger partial charge in [0.25, 0.3) is 0 Å². The van der Waals surface area contributed by atoms with Gasteiger partial charge in [-0.25, -0.2) is 4.68 Å². The van der Waals surface area contributed by atoms with E-state index >= 15 is 0 Å². The average molecular weight is 363 g/mol. The summed E-state index contributed by atoms with van der Waals surface area (Å²) >= 11 is 0. The molecule has 1 heterocycles. The van der Waals surface area contributed by atoms with E-state index in [1.54, 1.807) is 6.92 Å². The first-order valence-corrected chi connectivity index (χ1v) is 9.07. The van der Waals surface area contributed by atoms with Gasteiger partial charge in [0.2, 0.25) is 0 Å². The highest BCUT2D eigenvalue weighted by molar-refractivity contribution is 5.70. The smallest absolute Gasteiger partial charge is 0.307 e. The van der Waals surface area contributed by atoms with Crippen molar-refractivity contribution >= 4 is 5.97 Å². The van der Waals surface area contributed by atoms with Crippen molar-refractivity contribution in [1.82, 2.24) is 14.7 Å². The van der Waals surface area contributed by atoms with Crippen molar-refractivity contribution in [2.24, 2.45) is 5.92 Å². The van der Waals surface area contributed by atoms with E-state index in [0.29, 0.717) is 13.1 Å². The van der Waals surface area contributed by atoms with Gasteiger partial charge >= 0.3 is 5.97 Å². The lowest BCUT2D eigenvalue weighted by Crippen LogP contribution is -2.28. The third kappa shape index (κ3) is 4.44. The van der Waals surface area contributed by atoms with Crippen LogP contribution in [0.3, 0.4) is 0 Å². The van der Waals surface area contributed by atoms with Crippen LogP contribution in [0.4, 0.5) is 0 Å². The molecule has 3 aromatic rings. The summed E-state index contributed by atoms with van der Waals surface area (Å²) in [6, 6.07) is 18.2. The van der Waals surface area contributed by atoms with Crippen molar-refractivity contribution < 1.29 is 9.90 Å². The van der Waals surface area contributed by atoms with Gasteiger partial charge in [0.1, 0.15) is 0 Å². The van der Waals surface area contributed by atoms with Gasteiger partial charge in [0.05, 0.1) is 17.3 Å².